The molecule has 3 nitrogen and oxygen atoms in total. The van der Waals surface area contributed by atoms with Gasteiger partial charge in [-0.15, -0.1) is 0 Å². The van der Waals surface area contributed by atoms with Crippen LogP contribution in [0, 0.1) is 0 Å². The average Bonchev–Trinajstić information content (AvgIpc) is 2.14. The third-order valence-electron chi connectivity index (χ3n) is 2.55. The zero-order valence-electron chi connectivity index (χ0n) is 8.28. The number of ether oxygens (including phenoxy) is 1. The van der Waals surface area contributed by atoms with Gasteiger partial charge in [-0.25, -0.2) is 4.79 Å². The normalized spacial score (nSPS) is 23.9. The third kappa shape index (κ3) is 1.21. The predicted molar refractivity (Wildman–Crippen MR) is 52.5 cm³/mol. The zero-order chi connectivity index (χ0) is 10.3. The van der Waals surface area contributed by atoms with Gasteiger partial charge in [0.1, 0.15) is 11.6 Å². The molecule has 1 aliphatic heterocycles. The molecule has 0 fully saturated rings. The van der Waals surface area contributed by atoms with Crippen LogP contribution < -0.4 is 5.73 Å². The van der Waals surface area contributed by atoms with Crippen LogP contribution in [0.25, 0.3) is 0 Å². The molecule has 1 aromatic rings. The van der Waals surface area contributed by atoms with Crippen LogP contribution in [0.3, 0.4) is 0 Å². The first-order valence-corrected chi connectivity index (χ1v) is 4.60. The molecule has 0 saturated heterocycles. The second-order valence-corrected chi connectivity index (χ2v) is 4.00. The van der Waals surface area contributed by atoms with Crippen molar-refractivity contribution in [1.82, 2.24) is 0 Å². The summed E-state index contributed by atoms with van der Waals surface area (Å²) in [5, 5.41) is 0. The maximum atomic E-state index is 11.4. The number of rotatable bonds is 0. The van der Waals surface area contributed by atoms with Crippen LogP contribution in [-0.4, -0.2) is 5.97 Å². The Morgan fingerprint density at radius 1 is 1.36 bits per heavy atom. The van der Waals surface area contributed by atoms with E-state index in [0.29, 0.717) is 0 Å². The fraction of sp³-hybridized carbons (Fsp3) is 0.364. The minimum absolute atomic E-state index is 0.353. The molecule has 74 valence electrons. The van der Waals surface area contributed by atoms with Gasteiger partial charge in [-0.1, -0.05) is 24.3 Å². The first-order valence-electron chi connectivity index (χ1n) is 4.60. The summed E-state index contributed by atoms with van der Waals surface area (Å²) in [5.74, 6) is -0.353. The minimum atomic E-state index is -0.640. The lowest BCUT2D eigenvalue weighted by Crippen LogP contribution is -2.39. The predicted octanol–water partition coefficient (Wildman–Crippen LogP) is 1.48. The summed E-state index contributed by atoms with van der Waals surface area (Å²) in [4.78, 5) is 11.4. The van der Waals surface area contributed by atoms with Crippen molar-refractivity contribution in [2.24, 2.45) is 5.73 Å². The zero-order valence-corrected chi connectivity index (χ0v) is 8.28. The van der Waals surface area contributed by atoms with E-state index >= 15 is 0 Å². The van der Waals surface area contributed by atoms with Crippen LogP contribution >= 0.6 is 0 Å². The van der Waals surface area contributed by atoms with Gasteiger partial charge >= 0.3 is 5.97 Å². The van der Waals surface area contributed by atoms with Gasteiger partial charge in [0.05, 0.1) is 0 Å². The van der Waals surface area contributed by atoms with E-state index in [2.05, 4.69) is 0 Å². The average molecular weight is 191 g/mol. The fourth-order valence-electron chi connectivity index (χ4n) is 1.81. The molecule has 0 spiro atoms. The molecule has 0 saturated carbocycles. The van der Waals surface area contributed by atoms with Crippen molar-refractivity contribution in [3.63, 3.8) is 0 Å². The summed E-state index contributed by atoms with van der Waals surface area (Å²) in [5.41, 5.74) is 7.03. The van der Waals surface area contributed by atoms with E-state index in [9.17, 15) is 4.79 Å². The molecule has 1 heterocycles. The van der Waals surface area contributed by atoms with Gasteiger partial charge in [0.25, 0.3) is 0 Å². The quantitative estimate of drug-likeness (QED) is 0.632. The van der Waals surface area contributed by atoms with Crippen molar-refractivity contribution in [3.8, 4) is 0 Å². The molecule has 2 rings (SSSR count). The third-order valence-corrected chi connectivity index (χ3v) is 2.55. The summed E-state index contributed by atoms with van der Waals surface area (Å²) in [6.07, 6.45) is 0. The monoisotopic (exact) mass is 191 g/mol. The summed E-state index contributed by atoms with van der Waals surface area (Å²) < 4.78 is 5.25. The lowest BCUT2D eigenvalue weighted by Gasteiger charge is -2.34. The van der Waals surface area contributed by atoms with Crippen LogP contribution in [0.4, 0.5) is 0 Å². The second-order valence-electron chi connectivity index (χ2n) is 4.00. The van der Waals surface area contributed by atoms with E-state index < -0.39 is 11.6 Å². The van der Waals surface area contributed by atoms with Crippen molar-refractivity contribution >= 4 is 5.97 Å². The Morgan fingerprint density at radius 3 is 2.71 bits per heavy atom. The number of fused-ring (bicyclic) bond motifs is 1. The van der Waals surface area contributed by atoms with Crippen LogP contribution in [0.2, 0.25) is 0 Å². The van der Waals surface area contributed by atoms with Gasteiger partial charge in [0.15, 0.2) is 0 Å². The molecule has 1 aromatic carbocycles. The van der Waals surface area contributed by atoms with Crippen molar-refractivity contribution < 1.29 is 9.53 Å². The molecule has 0 bridgehead atoms. The Bertz CT molecular complexity index is 385. The summed E-state index contributed by atoms with van der Waals surface area (Å²) in [7, 11) is 0. The molecular formula is C11H13NO2. The van der Waals surface area contributed by atoms with E-state index in [0.717, 1.165) is 11.1 Å². The first kappa shape index (κ1) is 9.21. The molecule has 0 amide bonds. The Labute approximate surface area is 82.9 Å². The maximum absolute atomic E-state index is 11.4. The molecule has 0 aromatic heterocycles. The highest BCUT2D eigenvalue weighted by Crippen LogP contribution is 2.36. The molecule has 0 aliphatic carbocycles. The van der Waals surface area contributed by atoms with Crippen molar-refractivity contribution in [1.29, 1.82) is 0 Å². The Hall–Kier alpha value is -1.35. The van der Waals surface area contributed by atoms with E-state index in [1.165, 1.54) is 0 Å². The van der Waals surface area contributed by atoms with Gasteiger partial charge in [0, 0.05) is 5.56 Å². The van der Waals surface area contributed by atoms with E-state index in [1.54, 1.807) is 0 Å². The maximum Gasteiger partial charge on any atom is 0.328 e. The van der Waals surface area contributed by atoms with Gasteiger partial charge in [0.2, 0.25) is 0 Å². The SMILES string of the molecule is CC1(C)OC(=O)C(N)c2ccccc21. The Balaban J connectivity index is 2.61. The fourth-order valence-corrected chi connectivity index (χ4v) is 1.81. The highest BCUT2D eigenvalue weighted by atomic mass is 16.6. The molecular weight excluding hydrogens is 178 g/mol. The number of benzene rings is 1. The van der Waals surface area contributed by atoms with E-state index in [1.807, 2.05) is 38.1 Å². The molecule has 14 heavy (non-hydrogen) atoms. The van der Waals surface area contributed by atoms with Crippen LogP contribution in [0.5, 0.6) is 0 Å². The number of carbonyl (C=O) groups is 1. The summed E-state index contributed by atoms with van der Waals surface area (Å²) in [6.45, 7) is 3.74. The second kappa shape index (κ2) is 2.82. The summed E-state index contributed by atoms with van der Waals surface area (Å²) >= 11 is 0. The number of hydrogen-bond donors (Lipinski definition) is 1. The van der Waals surface area contributed by atoms with Gasteiger partial charge < -0.3 is 10.5 Å². The van der Waals surface area contributed by atoms with Gasteiger partial charge in [-0.05, 0) is 19.4 Å². The molecule has 3 heteroatoms. The highest BCUT2D eigenvalue weighted by molar-refractivity contribution is 5.80. The van der Waals surface area contributed by atoms with E-state index in [-0.39, 0.29) is 5.97 Å². The van der Waals surface area contributed by atoms with Crippen LogP contribution in [0.1, 0.15) is 31.0 Å². The lowest BCUT2D eigenvalue weighted by molar-refractivity contribution is -0.162. The van der Waals surface area contributed by atoms with E-state index in [4.69, 9.17) is 10.5 Å². The molecule has 0 radical (unpaired) electrons. The lowest BCUT2D eigenvalue weighted by atomic mass is 9.87. The van der Waals surface area contributed by atoms with Crippen LogP contribution in [-0.2, 0) is 15.1 Å². The van der Waals surface area contributed by atoms with Crippen molar-refractivity contribution in [3.05, 3.63) is 35.4 Å². The number of hydrogen-bond acceptors (Lipinski definition) is 3. The topological polar surface area (TPSA) is 52.3 Å². The largest absolute Gasteiger partial charge is 0.453 e. The van der Waals surface area contributed by atoms with Crippen LogP contribution in [0.15, 0.2) is 24.3 Å². The number of cyclic esters (lactones) is 1. The molecule has 1 atom stereocenters. The number of esters is 1. The van der Waals surface area contributed by atoms with Crippen molar-refractivity contribution in [2.75, 3.05) is 0 Å². The first-order chi connectivity index (χ1) is 6.52. The molecule has 1 unspecified atom stereocenters. The van der Waals surface area contributed by atoms with Gasteiger partial charge in [-0.2, -0.15) is 0 Å². The molecule has 2 N–H and O–H groups in total. The standard InChI is InChI=1S/C11H13NO2/c1-11(2)8-6-4-3-5-7(8)9(12)10(13)14-11/h3-6,9H,12H2,1-2H3. The summed E-state index contributed by atoms with van der Waals surface area (Å²) in [6, 6.07) is 6.99. The Kier molecular flexibility index (Phi) is 1.86. The Morgan fingerprint density at radius 2 is 2.00 bits per heavy atom. The molecule has 1 aliphatic rings. The minimum Gasteiger partial charge on any atom is -0.453 e. The highest BCUT2D eigenvalue weighted by Gasteiger charge is 2.37. The van der Waals surface area contributed by atoms with Gasteiger partial charge in [-0.3, -0.25) is 0 Å². The number of nitrogens with two attached hydrogens (primary N) is 1. The van der Waals surface area contributed by atoms with Crippen molar-refractivity contribution in [2.45, 2.75) is 25.5 Å². The smallest absolute Gasteiger partial charge is 0.328 e. The number of carbonyl (C=O) groups excluding carboxylic acids is 1.